The van der Waals surface area contributed by atoms with E-state index in [2.05, 4.69) is 5.43 Å². The maximum atomic E-state index is 11.3. The number of anilines is 1. The van der Waals surface area contributed by atoms with Crippen LogP contribution < -0.4 is 17.0 Å². The number of nitrogens with two attached hydrogens (primary N) is 2. The smallest absolute Gasteiger partial charge is 0.263 e. The van der Waals surface area contributed by atoms with Gasteiger partial charge in [-0.2, -0.15) is 0 Å². The third-order valence-electron chi connectivity index (χ3n) is 3.17. The van der Waals surface area contributed by atoms with Crippen LogP contribution >= 0.6 is 11.8 Å². The third-order valence-corrected chi connectivity index (χ3v) is 4.47. The van der Waals surface area contributed by atoms with E-state index in [1.165, 1.54) is 10.5 Å². The van der Waals surface area contributed by atoms with Crippen molar-refractivity contribution in [2.75, 3.05) is 11.5 Å². The summed E-state index contributed by atoms with van der Waals surface area (Å²) in [4.78, 5) is 12.5. The Morgan fingerprint density at radius 2 is 2.32 bits per heavy atom. The van der Waals surface area contributed by atoms with E-state index in [0.717, 1.165) is 24.3 Å². The van der Waals surface area contributed by atoms with E-state index in [0.29, 0.717) is 0 Å². The molecule has 19 heavy (non-hydrogen) atoms. The second kappa shape index (κ2) is 6.27. The van der Waals surface area contributed by atoms with Crippen LogP contribution in [-0.4, -0.2) is 23.9 Å². The Kier molecular flexibility index (Phi) is 4.68. The highest BCUT2D eigenvalue weighted by Gasteiger charge is 2.30. The van der Waals surface area contributed by atoms with E-state index < -0.39 is 6.10 Å². The minimum Gasteiger partial charge on any atom is -0.399 e. The van der Waals surface area contributed by atoms with Crippen LogP contribution in [0.4, 0.5) is 5.69 Å². The van der Waals surface area contributed by atoms with Gasteiger partial charge >= 0.3 is 0 Å². The number of carbonyl (C=O) groups excluding carboxylic acids is 1. The van der Waals surface area contributed by atoms with Gasteiger partial charge < -0.3 is 10.5 Å². The highest BCUT2D eigenvalue weighted by atomic mass is 32.2. The van der Waals surface area contributed by atoms with Gasteiger partial charge in [0.15, 0.2) is 0 Å². The van der Waals surface area contributed by atoms with Crippen LogP contribution in [0.25, 0.3) is 0 Å². The Labute approximate surface area is 117 Å². The molecule has 2 rings (SSSR count). The number of benzene rings is 1. The number of amides is 1. The molecule has 1 aromatic carbocycles. The van der Waals surface area contributed by atoms with Gasteiger partial charge in [-0.05, 0) is 43.5 Å². The molecule has 1 amide bonds. The molecule has 0 aliphatic carbocycles. The predicted octanol–water partition coefficient (Wildman–Crippen LogP) is 1.21. The molecule has 5 nitrogen and oxygen atoms in total. The van der Waals surface area contributed by atoms with Gasteiger partial charge in [0.2, 0.25) is 0 Å². The van der Waals surface area contributed by atoms with Crippen molar-refractivity contribution in [2.24, 2.45) is 5.84 Å². The summed E-state index contributed by atoms with van der Waals surface area (Å²) in [7, 11) is 0. The lowest BCUT2D eigenvalue weighted by Gasteiger charge is -2.13. The molecule has 1 heterocycles. The zero-order valence-corrected chi connectivity index (χ0v) is 11.7. The number of hydrogen-bond acceptors (Lipinski definition) is 5. The number of nitrogens with one attached hydrogen (secondary N) is 1. The van der Waals surface area contributed by atoms with Crippen LogP contribution in [0.15, 0.2) is 23.1 Å². The molecule has 5 N–H and O–H groups in total. The average Bonchev–Trinajstić information content (AvgIpc) is 2.85. The molecule has 2 unspecified atom stereocenters. The topological polar surface area (TPSA) is 90.4 Å². The molecule has 1 aromatic rings. The lowest BCUT2D eigenvalue weighted by Crippen LogP contribution is -2.39. The first-order chi connectivity index (χ1) is 9.10. The second-order valence-electron chi connectivity index (χ2n) is 4.67. The molecule has 1 saturated heterocycles. The molecule has 0 spiro atoms. The van der Waals surface area contributed by atoms with Gasteiger partial charge in [0.05, 0.1) is 6.10 Å². The SMILES string of the molecule is Cc1cc(N)ccc1SCC1CCC(C(=O)NN)O1. The van der Waals surface area contributed by atoms with Crippen molar-refractivity contribution in [3.05, 3.63) is 23.8 Å². The molecular formula is C13H19N3O2S. The van der Waals surface area contributed by atoms with Crippen LogP contribution in [0.2, 0.25) is 0 Å². The van der Waals surface area contributed by atoms with Crippen molar-refractivity contribution < 1.29 is 9.53 Å². The number of aryl methyl sites for hydroxylation is 1. The van der Waals surface area contributed by atoms with E-state index in [1.54, 1.807) is 11.8 Å². The van der Waals surface area contributed by atoms with Crippen LogP contribution in [0.1, 0.15) is 18.4 Å². The lowest BCUT2D eigenvalue weighted by molar-refractivity contribution is -0.131. The Bertz CT molecular complexity index is 467. The maximum absolute atomic E-state index is 11.3. The van der Waals surface area contributed by atoms with Gasteiger partial charge in [0.1, 0.15) is 6.10 Å². The van der Waals surface area contributed by atoms with Gasteiger partial charge in [0.25, 0.3) is 5.91 Å². The molecular weight excluding hydrogens is 262 g/mol. The average molecular weight is 281 g/mol. The first-order valence-electron chi connectivity index (χ1n) is 6.25. The standard InChI is InChI=1S/C13H19N3O2S/c1-8-6-9(14)2-5-12(8)19-7-10-3-4-11(18-10)13(17)16-15/h2,5-6,10-11H,3-4,7,14-15H2,1H3,(H,16,17). The Morgan fingerprint density at radius 1 is 1.53 bits per heavy atom. The summed E-state index contributed by atoms with van der Waals surface area (Å²) in [6, 6.07) is 5.88. The summed E-state index contributed by atoms with van der Waals surface area (Å²) in [6.07, 6.45) is 1.32. The number of hydrogen-bond donors (Lipinski definition) is 3. The van der Waals surface area contributed by atoms with E-state index in [9.17, 15) is 4.79 Å². The first kappa shape index (κ1) is 14.2. The third kappa shape index (κ3) is 3.62. The summed E-state index contributed by atoms with van der Waals surface area (Å²) >= 11 is 1.73. The van der Waals surface area contributed by atoms with Crippen molar-refractivity contribution >= 4 is 23.4 Å². The van der Waals surface area contributed by atoms with Crippen molar-refractivity contribution in [2.45, 2.75) is 36.9 Å². The molecule has 0 saturated carbocycles. The monoisotopic (exact) mass is 281 g/mol. The molecule has 1 fully saturated rings. The molecule has 0 aromatic heterocycles. The largest absolute Gasteiger partial charge is 0.399 e. The van der Waals surface area contributed by atoms with Crippen LogP contribution in [-0.2, 0) is 9.53 Å². The fourth-order valence-electron chi connectivity index (χ4n) is 2.13. The van der Waals surface area contributed by atoms with Crippen molar-refractivity contribution in [3.8, 4) is 0 Å². The Hall–Kier alpha value is -1.24. The van der Waals surface area contributed by atoms with Crippen LogP contribution in [0.3, 0.4) is 0 Å². The maximum Gasteiger partial charge on any atom is 0.263 e. The van der Waals surface area contributed by atoms with Gasteiger partial charge in [-0.1, -0.05) is 0 Å². The molecule has 6 heteroatoms. The Morgan fingerprint density at radius 3 is 3.00 bits per heavy atom. The summed E-state index contributed by atoms with van der Waals surface area (Å²) in [5, 5.41) is 0. The number of carbonyl (C=O) groups is 1. The molecule has 1 aliphatic heterocycles. The van der Waals surface area contributed by atoms with E-state index in [4.69, 9.17) is 16.3 Å². The van der Waals surface area contributed by atoms with Crippen LogP contribution in [0, 0.1) is 6.92 Å². The summed E-state index contributed by atoms with van der Waals surface area (Å²) < 4.78 is 5.66. The van der Waals surface area contributed by atoms with Crippen molar-refractivity contribution in [3.63, 3.8) is 0 Å². The van der Waals surface area contributed by atoms with Crippen molar-refractivity contribution in [1.29, 1.82) is 0 Å². The zero-order valence-electron chi connectivity index (χ0n) is 10.9. The quantitative estimate of drug-likeness (QED) is 0.254. The molecule has 104 valence electrons. The summed E-state index contributed by atoms with van der Waals surface area (Å²) in [6.45, 7) is 2.04. The molecule has 1 aliphatic rings. The fraction of sp³-hybridized carbons (Fsp3) is 0.462. The van der Waals surface area contributed by atoms with Gasteiger partial charge in [-0.15, -0.1) is 11.8 Å². The minimum atomic E-state index is -0.400. The second-order valence-corrected chi connectivity index (χ2v) is 5.73. The van der Waals surface area contributed by atoms with E-state index in [1.807, 2.05) is 25.1 Å². The van der Waals surface area contributed by atoms with Crippen LogP contribution in [0.5, 0.6) is 0 Å². The van der Waals surface area contributed by atoms with Gasteiger partial charge in [0, 0.05) is 16.3 Å². The molecule has 0 radical (unpaired) electrons. The fourth-order valence-corrected chi connectivity index (χ4v) is 3.19. The Balaban J connectivity index is 1.85. The highest BCUT2D eigenvalue weighted by Crippen LogP contribution is 2.29. The lowest BCUT2D eigenvalue weighted by atomic mass is 10.2. The summed E-state index contributed by atoms with van der Waals surface area (Å²) in [5.74, 6) is 5.69. The van der Waals surface area contributed by atoms with Gasteiger partial charge in [-0.3, -0.25) is 10.2 Å². The normalized spacial score (nSPS) is 22.4. The summed E-state index contributed by atoms with van der Waals surface area (Å²) in [5.41, 5.74) is 9.80. The first-order valence-corrected chi connectivity index (χ1v) is 7.23. The highest BCUT2D eigenvalue weighted by molar-refractivity contribution is 7.99. The van der Waals surface area contributed by atoms with Crippen molar-refractivity contribution in [1.82, 2.24) is 5.43 Å². The number of ether oxygens (including phenoxy) is 1. The number of thioether (sulfide) groups is 1. The van der Waals surface area contributed by atoms with E-state index in [-0.39, 0.29) is 12.0 Å². The number of hydrazine groups is 1. The number of nitrogen functional groups attached to an aromatic ring is 1. The predicted molar refractivity (Wildman–Crippen MR) is 76.5 cm³/mol. The zero-order chi connectivity index (χ0) is 13.8. The molecule has 0 bridgehead atoms. The molecule has 2 atom stereocenters. The van der Waals surface area contributed by atoms with E-state index >= 15 is 0 Å². The number of rotatable bonds is 4. The van der Waals surface area contributed by atoms with Gasteiger partial charge in [-0.25, -0.2) is 5.84 Å². The minimum absolute atomic E-state index is 0.101.